The molecule has 0 aromatic carbocycles. The number of nitrogens with zero attached hydrogens (tertiary/aromatic N) is 6. The first kappa shape index (κ1) is 18.4. The maximum absolute atomic E-state index is 6.25. The minimum absolute atomic E-state index is 0.330. The van der Waals surface area contributed by atoms with Gasteiger partial charge in [-0.1, -0.05) is 11.6 Å². The van der Waals surface area contributed by atoms with Crippen LogP contribution in [0.15, 0.2) is 36.0 Å². The molecule has 2 N–H and O–H groups in total. The summed E-state index contributed by atoms with van der Waals surface area (Å²) in [4.78, 5) is 10.9. The lowest BCUT2D eigenvalue weighted by molar-refractivity contribution is 0.590. The van der Waals surface area contributed by atoms with Crippen LogP contribution in [0.3, 0.4) is 0 Å². The third kappa shape index (κ3) is 5.08. The molecule has 1 aliphatic heterocycles. The van der Waals surface area contributed by atoms with Gasteiger partial charge in [0.2, 0.25) is 0 Å². The maximum atomic E-state index is 6.25. The monoisotopic (exact) mass is 376 g/mol. The van der Waals surface area contributed by atoms with Crippen LogP contribution in [0.2, 0.25) is 5.02 Å². The number of aromatic nitrogens is 4. The van der Waals surface area contributed by atoms with Gasteiger partial charge in [-0.2, -0.15) is 0 Å². The number of guanidine groups is 1. The number of nitrogens with one attached hydrogen (secondary N) is 2. The quantitative estimate of drug-likeness (QED) is 0.433. The lowest BCUT2D eigenvalue weighted by Gasteiger charge is -2.20. The summed E-state index contributed by atoms with van der Waals surface area (Å²) in [6.07, 6.45) is 8.42. The number of anilines is 1. The third-order valence-electron chi connectivity index (χ3n) is 4.39. The van der Waals surface area contributed by atoms with E-state index in [4.69, 9.17) is 11.6 Å². The van der Waals surface area contributed by atoms with Gasteiger partial charge >= 0.3 is 0 Å². The Labute approximate surface area is 158 Å². The molecule has 9 heteroatoms. The third-order valence-corrected chi connectivity index (χ3v) is 4.69. The Hall–Kier alpha value is -2.35. The Morgan fingerprint density at radius 2 is 2.19 bits per heavy atom. The minimum atomic E-state index is 0.330. The summed E-state index contributed by atoms with van der Waals surface area (Å²) in [6.45, 7) is 3.61. The van der Waals surface area contributed by atoms with E-state index in [1.807, 2.05) is 16.7 Å². The zero-order valence-corrected chi connectivity index (χ0v) is 15.7. The fourth-order valence-corrected chi connectivity index (χ4v) is 3.27. The van der Waals surface area contributed by atoms with Crippen molar-refractivity contribution in [2.75, 3.05) is 31.6 Å². The molecule has 2 aromatic rings. The van der Waals surface area contributed by atoms with Crippen molar-refractivity contribution in [2.45, 2.75) is 31.8 Å². The van der Waals surface area contributed by atoms with E-state index in [1.54, 1.807) is 25.9 Å². The normalized spacial score (nSPS) is 17.5. The first-order valence-corrected chi connectivity index (χ1v) is 9.29. The van der Waals surface area contributed by atoms with Crippen molar-refractivity contribution in [3.8, 4) is 0 Å². The lowest BCUT2D eigenvalue weighted by atomic mass is 10.2. The zero-order chi connectivity index (χ0) is 18.2. The van der Waals surface area contributed by atoms with Gasteiger partial charge in [-0.15, -0.1) is 10.2 Å². The smallest absolute Gasteiger partial charge is 0.191 e. The maximum Gasteiger partial charge on any atom is 0.191 e. The molecule has 1 unspecified atom stereocenters. The molecule has 0 spiro atoms. The molecule has 140 valence electrons. The molecule has 0 aliphatic carbocycles. The molecule has 0 amide bonds. The van der Waals surface area contributed by atoms with Crippen molar-refractivity contribution < 1.29 is 0 Å². The van der Waals surface area contributed by atoms with Crippen LogP contribution in [0.25, 0.3) is 0 Å². The van der Waals surface area contributed by atoms with E-state index >= 15 is 0 Å². The number of halogens is 1. The van der Waals surface area contributed by atoms with Crippen LogP contribution in [0.4, 0.5) is 5.82 Å². The van der Waals surface area contributed by atoms with Crippen LogP contribution < -0.4 is 15.5 Å². The molecule has 8 nitrogen and oxygen atoms in total. The molecule has 1 aliphatic rings. The van der Waals surface area contributed by atoms with Crippen molar-refractivity contribution in [3.05, 3.63) is 36.0 Å². The second-order valence-electron chi connectivity index (χ2n) is 6.29. The average Bonchev–Trinajstić information content (AvgIpc) is 3.33. The molecule has 2 aromatic heterocycles. The highest BCUT2D eigenvalue weighted by Crippen LogP contribution is 2.25. The second-order valence-corrected chi connectivity index (χ2v) is 6.70. The SMILES string of the molecule is CN=C(NCCCCn1cnnc1)NC1CCN(c2ncccc2Cl)C1. The molecule has 1 atom stereocenters. The minimum Gasteiger partial charge on any atom is -0.356 e. The van der Waals surface area contributed by atoms with Crippen molar-refractivity contribution in [2.24, 2.45) is 4.99 Å². The molecule has 3 rings (SSSR count). The number of pyridine rings is 1. The second kappa shape index (κ2) is 9.38. The van der Waals surface area contributed by atoms with Crippen molar-refractivity contribution in [1.29, 1.82) is 0 Å². The number of hydrogen-bond donors (Lipinski definition) is 2. The van der Waals surface area contributed by atoms with Gasteiger partial charge in [0, 0.05) is 45.5 Å². The number of aryl methyl sites for hydroxylation is 1. The summed E-state index contributed by atoms with van der Waals surface area (Å²) in [5.74, 6) is 1.70. The van der Waals surface area contributed by atoms with Crippen LogP contribution in [0, 0.1) is 0 Å². The predicted octanol–water partition coefficient (Wildman–Crippen LogP) is 1.55. The highest BCUT2D eigenvalue weighted by Gasteiger charge is 2.25. The molecular weight excluding hydrogens is 352 g/mol. The molecule has 0 radical (unpaired) electrons. The van der Waals surface area contributed by atoms with E-state index in [0.717, 1.165) is 57.2 Å². The number of hydrogen-bond acceptors (Lipinski definition) is 5. The molecule has 3 heterocycles. The van der Waals surface area contributed by atoms with Gasteiger partial charge in [0.15, 0.2) is 5.96 Å². The fourth-order valence-electron chi connectivity index (χ4n) is 3.03. The van der Waals surface area contributed by atoms with Gasteiger partial charge in [0.1, 0.15) is 18.5 Å². The topological polar surface area (TPSA) is 83.3 Å². The van der Waals surface area contributed by atoms with Gasteiger partial charge in [-0.05, 0) is 31.4 Å². The summed E-state index contributed by atoms with van der Waals surface area (Å²) in [5, 5.41) is 15.2. The molecule has 0 bridgehead atoms. The van der Waals surface area contributed by atoms with Gasteiger partial charge in [-0.25, -0.2) is 4.98 Å². The van der Waals surface area contributed by atoms with Crippen molar-refractivity contribution in [1.82, 2.24) is 30.4 Å². The van der Waals surface area contributed by atoms with E-state index in [2.05, 4.69) is 35.7 Å². The summed E-state index contributed by atoms with van der Waals surface area (Å²) in [6, 6.07) is 4.06. The highest BCUT2D eigenvalue weighted by atomic mass is 35.5. The van der Waals surface area contributed by atoms with Crippen molar-refractivity contribution >= 4 is 23.4 Å². The van der Waals surface area contributed by atoms with E-state index in [1.165, 1.54) is 0 Å². The fraction of sp³-hybridized carbons (Fsp3) is 0.529. The molecule has 1 fully saturated rings. The number of aliphatic imine (C=N–C) groups is 1. The van der Waals surface area contributed by atoms with Crippen LogP contribution >= 0.6 is 11.6 Å². The van der Waals surface area contributed by atoms with Crippen LogP contribution in [0.1, 0.15) is 19.3 Å². The van der Waals surface area contributed by atoms with Gasteiger partial charge in [-0.3, -0.25) is 4.99 Å². The van der Waals surface area contributed by atoms with E-state index in [-0.39, 0.29) is 0 Å². The summed E-state index contributed by atoms with van der Waals surface area (Å²) in [5.41, 5.74) is 0. The Morgan fingerprint density at radius 1 is 1.35 bits per heavy atom. The van der Waals surface area contributed by atoms with Gasteiger partial charge in [0.05, 0.1) is 5.02 Å². The van der Waals surface area contributed by atoms with E-state index < -0.39 is 0 Å². The van der Waals surface area contributed by atoms with E-state index in [0.29, 0.717) is 11.1 Å². The summed E-state index contributed by atoms with van der Waals surface area (Å²) >= 11 is 6.25. The largest absolute Gasteiger partial charge is 0.356 e. The van der Waals surface area contributed by atoms with Crippen LogP contribution in [0.5, 0.6) is 0 Å². The Balaban J connectivity index is 1.38. The average molecular weight is 377 g/mol. The molecule has 26 heavy (non-hydrogen) atoms. The highest BCUT2D eigenvalue weighted by molar-refractivity contribution is 6.32. The lowest BCUT2D eigenvalue weighted by Crippen LogP contribution is -2.44. The Bertz CT molecular complexity index is 703. The zero-order valence-electron chi connectivity index (χ0n) is 15.0. The first-order valence-electron chi connectivity index (χ1n) is 8.91. The van der Waals surface area contributed by atoms with Gasteiger partial charge < -0.3 is 20.1 Å². The summed E-state index contributed by atoms with van der Waals surface area (Å²) < 4.78 is 1.99. The van der Waals surface area contributed by atoms with Crippen LogP contribution in [-0.2, 0) is 6.54 Å². The molecular formula is C17H25ClN8. The predicted molar refractivity (Wildman–Crippen MR) is 104 cm³/mol. The Kier molecular flexibility index (Phi) is 6.65. The first-order chi connectivity index (χ1) is 12.8. The van der Waals surface area contributed by atoms with Crippen LogP contribution in [-0.4, -0.2) is 58.4 Å². The molecule has 1 saturated heterocycles. The number of rotatable bonds is 7. The van der Waals surface area contributed by atoms with Gasteiger partial charge in [0.25, 0.3) is 0 Å². The van der Waals surface area contributed by atoms with Crippen molar-refractivity contribution in [3.63, 3.8) is 0 Å². The summed E-state index contributed by atoms with van der Waals surface area (Å²) in [7, 11) is 1.80. The van der Waals surface area contributed by atoms with E-state index in [9.17, 15) is 0 Å². The standard InChI is InChI=1S/C17H25ClN8/c1-19-17(21-7-2-3-9-25-12-22-23-13-25)24-14-6-10-26(11-14)16-15(18)5-4-8-20-16/h4-5,8,12-14H,2-3,6-7,9-11H2,1H3,(H2,19,21,24). The number of unbranched alkanes of at least 4 members (excludes halogenated alkanes) is 1. The molecule has 0 saturated carbocycles. The Morgan fingerprint density at radius 3 is 2.96 bits per heavy atom.